The minimum absolute atomic E-state index is 0.0765. The smallest absolute Gasteiger partial charge is 0.308 e. The molecule has 0 radical (unpaired) electrons. The van der Waals surface area contributed by atoms with Crippen molar-refractivity contribution >= 4 is 44.5 Å². The van der Waals surface area contributed by atoms with Crippen molar-refractivity contribution < 1.29 is 19.0 Å². The summed E-state index contributed by atoms with van der Waals surface area (Å²) < 4.78 is 17.0. The molecule has 22 heavy (non-hydrogen) atoms. The van der Waals surface area contributed by atoms with E-state index < -0.39 is 0 Å². The third-order valence-electron chi connectivity index (χ3n) is 3.37. The summed E-state index contributed by atoms with van der Waals surface area (Å²) in [5.74, 6) is 1.30. The fourth-order valence-electron chi connectivity index (χ4n) is 2.21. The van der Waals surface area contributed by atoms with E-state index in [1.54, 1.807) is 7.11 Å². The Morgan fingerprint density at radius 2 is 1.86 bits per heavy atom. The molecule has 0 saturated carbocycles. The Kier molecular flexibility index (Phi) is 8.53. The molecule has 2 unspecified atom stereocenters. The van der Waals surface area contributed by atoms with Crippen LogP contribution in [0.3, 0.4) is 0 Å². The van der Waals surface area contributed by atoms with Crippen molar-refractivity contribution in [3.05, 3.63) is 23.3 Å². The standard InChI is InChI=1S/C16H22BrIO4/c1-10(16(19)21-4)5-11(2)22-15-6-12(8-17)14(20-3)7-13(15)9-18/h6-7,10-11H,5,8-9H2,1-4H3. The normalized spacial score (nSPS) is 13.4. The fourth-order valence-corrected chi connectivity index (χ4v) is 3.25. The lowest BCUT2D eigenvalue weighted by molar-refractivity contribution is -0.145. The summed E-state index contributed by atoms with van der Waals surface area (Å²) in [6, 6.07) is 4.01. The van der Waals surface area contributed by atoms with Gasteiger partial charge in [-0.15, -0.1) is 0 Å². The second-order valence-electron chi connectivity index (χ2n) is 5.13. The molecule has 0 bridgehead atoms. The van der Waals surface area contributed by atoms with Crippen LogP contribution in [0.5, 0.6) is 11.5 Å². The van der Waals surface area contributed by atoms with E-state index in [9.17, 15) is 4.79 Å². The van der Waals surface area contributed by atoms with Crippen LogP contribution in [0.2, 0.25) is 0 Å². The Bertz CT molecular complexity index is 507. The third-order valence-corrected chi connectivity index (χ3v) is 4.79. The predicted octanol–water partition coefficient (Wildman–Crippen LogP) is 4.49. The van der Waals surface area contributed by atoms with Gasteiger partial charge in [0.1, 0.15) is 11.5 Å². The number of benzene rings is 1. The molecule has 0 fully saturated rings. The number of methoxy groups -OCH3 is 2. The van der Waals surface area contributed by atoms with E-state index in [1.165, 1.54) is 7.11 Å². The van der Waals surface area contributed by atoms with E-state index in [-0.39, 0.29) is 18.0 Å². The average Bonchev–Trinajstić information content (AvgIpc) is 2.53. The van der Waals surface area contributed by atoms with Gasteiger partial charge in [0, 0.05) is 20.9 Å². The lowest BCUT2D eigenvalue weighted by atomic mass is 10.0. The first kappa shape index (κ1) is 19.5. The van der Waals surface area contributed by atoms with E-state index in [4.69, 9.17) is 14.2 Å². The Balaban J connectivity index is 2.89. The van der Waals surface area contributed by atoms with Gasteiger partial charge in [-0.2, -0.15) is 0 Å². The topological polar surface area (TPSA) is 44.8 Å². The third kappa shape index (κ3) is 5.30. The minimum Gasteiger partial charge on any atom is -0.496 e. The van der Waals surface area contributed by atoms with E-state index in [0.717, 1.165) is 27.1 Å². The van der Waals surface area contributed by atoms with Crippen LogP contribution in [0.4, 0.5) is 0 Å². The van der Waals surface area contributed by atoms with Gasteiger partial charge in [-0.25, -0.2) is 0 Å². The summed E-state index contributed by atoms with van der Waals surface area (Å²) in [4.78, 5) is 11.5. The Morgan fingerprint density at radius 1 is 1.23 bits per heavy atom. The van der Waals surface area contributed by atoms with Crippen molar-refractivity contribution in [3.63, 3.8) is 0 Å². The van der Waals surface area contributed by atoms with Crippen molar-refractivity contribution in [2.24, 2.45) is 5.92 Å². The maximum absolute atomic E-state index is 11.5. The summed E-state index contributed by atoms with van der Waals surface area (Å²) in [6.45, 7) is 3.82. The molecule has 0 aliphatic heterocycles. The Labute approximate surface area is 154 Å². The number of carbonyl (C=O) groups is 1. The average molecular weight is 485 g/mol. The van der Waals surface area contributed by atoms with Crippen LogP contribution in [0.1, 0.15) is 31.4 Å². The maximum Gasteiger partial charge on any atom is 0.308 e. The minimum atomic E-state index is -0.208. The largest absolute Gasteiger partial charge is 0.496 e. The Morgan fingerprint density at radius 3 is 2.36 bits per heavy atom. The summed E-state index contributed by atoms with van der Waals surface area (Å²) in [6.07, 6.45) is 0.538. The highest BCUT2D eigenvalue weighted by molar-refractivity contribution is 14.1. The van der Waals surface area contributed by atoms with E-state index in [1.807, 2.05) is 26.0 Å². The summed E-state index contributed by atoms with van der Waals surface area (Å²) in [7, 11) is 3.07. The molecular weight excluding hydrogens is 463 g/mol. The number of esters is 1. The molecule has 0 aliphatic carbocycles. The molecule has 2 atom stereocenters. The van der Waals surface area contributed by atoms with Crippen molar-refractivity contribution in [3.8, 4) is 11.5 Å². The number of halogens is 2. The highest BCUT2D eigenvalue weighted by Gasteiger charge is 2.19. The van der Waals surface area contributed by atoms with Crippen LogP contribution in [-0.2, 0) is 19.3 Å². The van der Waals surface area contributed by atoms with Crippen LogP contribution in [0.15, 0.2) is 12.1 Å². The molecule has 1 aromatic carbocycles. The Hall–Kier alpha value is -0.500. The molecule has 0 aliphatic rings. The first-order chi connectivity index (χ1) is 10.5. The second-order valence-corrected chi connectivity index (χ2v) is 6.45. The molecule has 124 valence electrons. The van der Waals surface area contributed by atoms with Crippen LogP contribution in [-0.4, -0.2) is 26.3 Å². The molecule has 0 spiro atoms. The van der Waals surface area contributed by atoms with Gasteiger partial charge in [-0.05, 0) is 25.5 Å². The first-order valence-electron chi connectivity index (χ1n) is 7.02. The molecule has 0 heterocycles. The van der Waals surface area contributed by atoms with Crippen molar-refractivity contribution in [2.45, 2.75) is 36.1 Å². The lowest BCUT2D eigenvalue weighted by Gasteiger charge is -2.20. The number of hydrogen-bond acceptors (Lipinski definition) is 4. The molecular formula is C16H22BrIO4. The molecule has 6 heteroatoms. The first-order valence-corrected chi connectivity index (χ1v) is 9.67. The van der Waals surface area contributed by atoms with Gasteiger partial charge in [0.2, 0.25) is 0 Å². The van der Waals surface area contributed by atoms with Crippen molar-refractivity contribution in [2.75, 3.05) is 14.2 Å². The van der Waals surface area contributed by atoms with Crippen LogP contribution >= 0.6 is 38.5 Å². The number of alkyl halides is 2. The zero-order valence-electron chi connectivity index (χ0n) is 13.3. The van der Waals surface area contributed by atoms with Gasteiger partial charge in [0.15, 0.2) is 0 Å². The van der Waals surface area contributed by atoms with Gasteiger partial charge in [-0.3, -0.25) is 4.79 Å². The van der Waals surface area contributed by atoms with Crippen molar-refractivity contribution in [1.29, 1.82) is 0 Å². The van der Waals surface area contributed by atoms with E-state index >= 15 is 0 Å². The molecule has 0 amide bonds. The van der Waals surface area contributed by atoms with Gasteiger partial charge >= 0.3 is 5.97 Å². The number of carbonyl (C=O) groups excluding carboxylic acids is 1. The summed E-state index contributed by atoms with van der Waals surface area (Å²) >= 11 is 5.77. The van der Waals surface area contributed by atoms with Gasteiger partial charge in [0.25, 0.3) is 0 Å². The maximum atomic E-state index is 11.5. The number of ether oxygens (including phenoxy) is 3. The molecule has 0 N–H and O–H groups in total. The van der Waals surface area contributed by atoms with Gasteiger partial charge in [0.05, 0.1) is 26.2 Å². The van der Waals surface area contributed by atoms with E-state index in [0.29, 0.717) is 11.8 Å². The monoisotopic (exact) mass is 484 g/mol. The molecule has 0 aromatic heterocycles. The molecule has 4 nitrogen and oxygen atoms in total. The van der Waals surface area contributed by atoms with Gasteiger partial charge < -0.3 is 14.2 Å². The lowest BCUT2D eigenvalue weighted by Crippen LogP contribution is -2.22. The quantitative estimate of drug-likeness (QED) is 0.310. The number of rotatable bonds is 8. The van der Waals surface area contributed by atoms with Crippen molar-refractivity contribution in [1.82, 2.24) is 0 Å². The molecule has 1 aromatic rings. The SMILES string of the molecule is COC(=O)C(C)CC(C)Oc1cc(CBr)c(OC)cc1CI. The van der Waals surface area contributed by atoms with Gasteiger partial charge in [-0.1, -0.05) is 45.4 Å². The highest BCUT2D eigenvalue weighted by Crippen LogP contribution is 2.33. The zero-order chi connectivity index (χ0) is 16.7. The van der Waals surface area contributed by atoms with Crippen LogP contribution in [0.25, 0.3) is 0 Å². The van der Waals surface area contributed by atoms with Crippen LogP contribution in [0, 0.1) is 5.92 Å². The van der Waals surface area contributed by atoms with E-state index in [2.05, 4.69) is 38.5 Å². The number of hydrogen-bond donors (Lipinski definition) is 0. The summed E-state index contributed by atoms with van der Waals surface area (Å²) in [5.41, 5.74) is 2.12. The predicted molar refractivity (Wildman–Crippen MR) is 99.2 cm³/mol. The zero-order valence-corrected chi connectivity index (χ0v) is 17.1. The summed E-state index contributed by atoms with van der Waals surface area (Å²) in [5, 5.41) is 0.695. The second kappa shape index (κ2) is 9.60. The molecule has 0 saturated heterocycles. The fraction of sp³-hybridized carbons (Fsp3) is 0.562. The molecule has 1 rings (SSSR count). The highest BCUT2D eigenvalue weighted by atomic mass is 127. The van der Waals surface area contributed by atoms with Crippen LogP contribution < -0.4 is 9.47 Å².